The second kappa shape index (κ2) is 10.7. The molecule has 37 heavy (non-hydrogen) atoms. The van der Waals surface area contributed by atoms with Crippen LogP contribution in [0.5, 0.6) is 0 Å². The van der Waals surface area contributed by atoms with E-state index in [0.29, 0.717) is 31.2 Å². The molecule has 1 aromatic carbocycles. The van der Waals surface area contributed by atoms with Crippen molar-refractivity contribution in [1.29, 1.82) is 0 Å². The van der Waals surface area contributed by atoms with Gasteiger partial charge in [0.2, 0.25) is 0 Å². The number of carbonyl (C=O) groups excluding carboxylic acids is 1. The van der Waals surface area contributed by atoms with Crippen LogP contribution in [0.4, 0.5) is 16.3 Å². The van der Waals surface area contributed by atoms with E-state index in [4.69, 9.17) is 24.9 Å². The highest BCUT2D eigenvalue weighted by molar-refractivity contribution is 5.90. The van der Waals surface area contributed by atoms with Crippen molar-refractivity contribution in [2.24, 2.45) is 0 Å². The number of anilines is 2. The van der Waals surface area contributed by atoms with E-state index in [0.717, 1.165) is 48.3 Å². The van der Waals surface area contributed by atoms with E-state index in [2.05, 4.69) is 22.5 Å². The summed E-state index contributed by atoms with van der Waals surface area (Å²) in [5, 5.41) is 20.1. The molecule has 1 unspecified atom stereocenters. The molecule has 3 N–H and O–H groups in total. The first-order valence-corrected chi connectivity index (χ1v) is 12.6. The summed E-state index contributed by atoms with van der Waals surface area (Å²) in [6.45, 7) is 5.58. The minimum absolute atomic E-state index is 0.0586. The van der Waals surface area contributed by atoms with Gasteiger partial charge in [-0.25, -0.2) is 19.4 Å². The first-order valence-electron chi connectivity index (χ1n) is 12.6. The fraction of sp³-hybridized carbons (Fsp3) is 0.480. The van der Waals surface area contributed by atoms with Gasteiger partial charge in [-0.2, -0.15) is 5.10 Å². The number of ether oxygens (including phenoxy) is 1. The topological polar surface area (TPSA) is 138 Å². The van der Waals surface area contributed by atoms with E-state index in [-0.39, 0.29) is 24.7 Å². The Morgan fingerprint density at radius 2 is 1.89 bits per heavy atom. The molecule has 0 bridgehead atoms. The van der Waals surface area contributed by atoms with Crippen molar-refractivity contribution in [3.63, 3.8) is 0 Å². The largest absolute Gasteiger partial charge is 0.480 e. The highest BCUT2D eigenvalue weighted by Gasteiger charge is 2.27. The first-order chi connectivity index (χ1) is 17.9. The number of aliphatic carboxylic acids is 1. The van der Waals surface area contributed by atoms with Crippen LogP contribution in [0.25, 0.3) is 22.4 Å². The van der Waals surface area contributed by atoms with Crippen LogP contribution < -0.4 is 15.5 Å². The standard InChI is InChI=1S/C25H32N8O4/c1-16-14-32(11-12-37-16)23-20-13-27-33(19-7-9-31(10-8-19)15-21(34)35)24(20)30-22(29-23)17-3-5-18(6-4-17)28-25(36)26-2/h3-6,13,16,19H,7-12,14-15H2,1-2H3,(H,34,35)(H2,26,28,36). The summed E-state index contributed by atoms with van der Waals surface area (Å²) >= 11 is 0. The summed E-state index contributed by atoms with van der Waals surface area (Å²) in [5.41, 5.74) is 2.27. The Hall–Kier alpha value is -3.77. The van der Waals surface area contributed by atoms with Crippen LogP contribution in [-0.2, 0) is 9.53 Å². The maximum Gasteiger partial charge on any atom is 0.318 e. The molecule has 3 aromatic rings. The minimum Gasteiger partial charge on any atom is -0.480 e. The number of carbonyl (C=O) groups is 2. The number of amides is 2. The Bertz CT molecular complexity index is 1270. The predicted molar refractivity (Wildman–Crippen MR) is 139 cm³/mol. The van der Waals surface area contributed by atoms with E-state index in [9.17, 15) is 9.59 Å². The maximum absolute atomic E-state index is 11.7. The zero-order chi connectivity index (χ0) is 25.9. The molecule has 1 atom stereocenters. The van der Waals surface area contributed by atoms with Crippen molar-refractivity contribution in [2.75, 3.05) is 56.6 Å². The lowest BCUT2D eigenvalue weighted by atomic mass is 10.1. The van der Waals surface area contributed by atoms with Gasteiger partial charge in [-0.15, -0.1) is 0 Å². The SMILES string of the molecule is CNC(=O)Nc1ccc(-c2nc(N3CCOC(C)C3)c3cnn(C4CCN(CC(=O)O)CC4)c3n2)cc1. The molecule has 2 aromatic heterocycles. The lowest BCUT2D eigenvalue weighted by Crippen LogP contribution is -2.41. The van der Waals surface area contributed by atoms with Gasteiger partial charge in [-0.05, 0) is 44.0 Å². The Labute approximate surface area is 214 Å². The summed E-state index contributed by atoms with van der Waals surface area (Å²) in [6.07, 6.45) is 3.53. The summed E-state index contributed by atoms with van der Waals surface area (Å²) in [4.78, 5) is 36.9. The molecule has 12 heteroatoms. The molecule has 2 fully saturated rings. The van der Waals surface area contributed by atoms with Crippen molar-refractivity contribution in [3.8, 4) is 11.4 Å². The van der Waals surface area contributed by atoms with Crippen molar-refractivity contribution < 1.29 is 19.4 Å². The second-order valence-electron chi connectivity index (χ2n) is 9.51. The second-order valence-corrected chi connectivity index (χ2v) is 9.51. The number of carboxylic acid groups (broad SMARTS) is 1. The number of nitrogens with one attached hydrogen (secondary N) is 2. The maximum atomic E-state index is 11.7. The Morgan fingerprint density at radius 3 is 2.57 bits per heavy atom. The predicted octanol–water partition coefficient (Wildman–Crippen LogP) is 2.19. The smallest absolute Gasteiger partial charge is 0.318 e. The number of carboxylic acids is 1. The minimum atomic E-state index is -0.804. The van der Waals surface area contributed by atoms with Crippen LogP contribution >= 0.6 is 0 Å². The normalized spacial score (nSPS) is 19.2. The number of aromatic nitrogens is 4. The van der Waals surface area contributed by atoms with Gasteiger partial charge in [0.05, 0.1) is 36.9 Å². The summed E-state index contributed by atoms with van der Waals surface area (Å²) in [5.74, 6) is 0.608. The molecule has 196 valence electrons. The molecule has 2 amide bonds. The fourth-order valence-corrected chi connectivity index (χ4v) is 4.97. The third-order valence-corrected chi connectivity index (χ3v) is 6.86. The van der Waals surface area contributed by atoms with Crippen molar-refractivity contribution in [2.45, 2.75) is 31.9 Å². The van der Waals surface area contributed by atoms with Gasteiger partial charge in [0.1, 0.15) is 5.82 Å². The fourth-order valence-electron chi connectivity index (χ4n) is 4.97. The number of rotatable bonds is 6. The number of piperidine rings is 1. The Balaban J connectivity index is 1.50. The summed E-state index contributed by atoms with van der Waals surface area (Å²) in [7, 11) is 1.57. The lowest BCUT2D eigenvalue weighted by molar-refractivity contribution is -0.138. The third kappa shape index (κ3) is 5.49. The molecule has 0 saturated carbocycles. The number of likely N-dealkylation sites (tertiary alicyclic amines) is 1. The van der Waals surface area contributed by atoms with E-state index in [1.54, 1.807) is 7.05 Å². The molecule has 2 saturated heterocycles. The van der Waals surface area contributed by atoms with Gasteiger partial charge in [0, 0.05) is 44.5 Å². The molecule has 4 heterocycles. The molecule has 5 rings (SSSR count). The molecule has 2 aliphatic heterocycles. The summed E-state index contributed by atoms with van der Waals surface area (Å²) in [6, 6.07) is 7.27. The van der Waals surface area contributed by atoms with Gasteiger partial charge < -0.3 is 25.4 Å². The number of hydrogen-bond acceptors (Lipinski definition) is 8. The highest BCUT2D eigenvalue weighted by atomic mass is 16.5. The van der Waals surface area contributed by atoms with Crippen molar-refractivity contribution in [1.82, 2.24) is 30.0 Å². The first kappa shape index (κ1) is 24.9. The summed E-state index contributed by atoms with van der Waals surface area (Å²) < 4.78 is 7.74. The Kier molecular flexibility index (Phi) is 7.19. The average Bonchev–Trinajstić information content (AvgIpc) is 3.32. The van der Waals surface area contributed by atoms with Gasteiger partial charge in [-0.3, -0.25) is 9.69 Å². The average molecular weight is 509 g/mol. The van der Waals surface area contributed by atoms with E-state index >= 15 is 0 Å². The number of fused-ring (bicyclic) bond motifs is 1. The van der Waals surface area contributed by atoms with Gasteiger partial charge in [0.25, 0.3) is 0 Å². The molecular weight excluding hydrogens is 476 g/mol. The van der Waals surface area contributed by atoms with Gasteiger partial charge >= 0.3 is 12.0 Å². The quantitative estimate of drug-likeness (QED) is 0.457. The molecule has 0 aliphatic carbocycles. The van der Waals surface area contributed by atoms with Crippen molar-refractivity contribution in [3.05, 3.63) is 30.5 Å². The van der Waals surface area contributed by atoms with E-state index in [1.165, 1.54) is 0 Å². The molecule has 2 aliphatic rings. The molecular formula is C25H32N8O4. The van der Waals surface area contributed by atoms with E-state index in [1.807, 2.05) is 40.0 Å². The lowest BCUT2D eigenvalue weighted by Gasteiger charge is -2.33. The van der Waals surface area contributed by atoms with Crippen LogP contribution in [0.3, 0.4) is 0 Å². The number of benzene rings is 1. The molecule has 12 nitrogen and oxygen atoms in total. The highest BCUT2D eigenvalue weighted by Crippen LogP contribution is 2.32. The Morgan fingerprint density at radius 1 is 1.14 bits per heavy atom. The molecule has 0 spiro atoms. The van der Waals surface area contributed by atoms with Gasteiger partial charge in [0.15, 0.2) is 11.5 Å². The van der Waals surface area contributed by atoms with Crippen molar-refractivity contribution >= 4 is 34.5 Å². The van der Waals surface area contributed by atoms with E-state index < -0.39 is 5.97 Å². The number of morpholine rings is 1. The van der Waals surface area contributed by atoms with Crippen LogP contribution in [0, 0.1) is 0 Å². The number of urea groups is 1. The monoisotopic (exact) mass is 508 g/mol. The number of hydrogen-bond donors (Lipinski definition) is 3. The van der Waals surface area contributed by atoms with Crippen LogP contribution in [-0.4, -0.2) is 94.2 Å². The van der Waals surface area contributed by atoms with Gasteiger partial charge in [-0.1, -0.05) is 0 Å². The van der Waals surface area contributed by atoms with Crippen LogP contribution in [0.15, 0.2) is 30.5 Å². The number of nitrogens with zero attached hydrogens (tertiary/aromatic N) is 6. The zero-order valence-corrected chi connectivity index (χ0v) is 21.1. The zero-order valence-electron chi connectivity index (χ0n) is 21.1. The third-order valence-electron chi connectivity index (χ3n) is 6.86. The van der Waals surface area contributed by atoms with Crippen LogP contribution in [0.2, 0.25) is 0 Å². The van der Waals surface area contributed by atoms with Crippen LogP contribution in [0.1, 0.15) is 25.8 Å². The molecule has 0 radical (unpaired) electrons.